The van der Waals surface area contributed by atoms with E-state index in [0.717, 1.165) is 13.0 Å². The molecule has 1 unspecified atom stereocenters. The Balaban J connectivity index is 3.56. The lowest BCUT2D eigenvalue weighted by Crippen LogP contribution is -2.42. The van der Waals surface area contributed by atoms with Gasteiger partial charge in [-0.2, -0.15) is 0 Å². The van der Waals surface area contributed by atoms with Gasteiger partial charge >= 0.3 is 0 Å². The zero-order chi connectivity index (χ0) is 10.3. The Kier molecular flexibility index (Phi) is 6.14. The van der Waals surface area contributed by atoms with Crippen LogP contribution in [0.4, 0.5) is 0 Å². The smallest absolute Gasteiger partial charge is 0.234 e. The number of amides is 1. The van der Waals surface area contributed by atoms with E-state index in [9.17, 15) is 9.59 Å². The minimum Gasteiger partial charge on any atom is -0.345 e. The van der Waals surface area contributed by atoms with E-state index in [-0.39, 0.29) is 24.3 Å². The second kappa shape index (κ2) is 6.60. The summed E-state index contributed by atoms with van der Waals surface area (Å²) >= 11 is 0. The molecule has 13 heavy (non-hydrogen) atoms. The molecule has 1 atom stereocenters. The summed E-state index contributed by atoms with van der Waals surface area (Å²) in [5, 5.41) is 5.54. The van der Waals surface area contributed by atoms with Crippen LogP contribution in [-0.2, 0) is 9.59 Å². The van der Waals surface area contributed by atoms with Gasteiger partial charge in [0.05, 0.1) is 12.6 Å². The van der Waals surface area contributed by atoms with Gasteiger partial charge in [-0.05, 0) is 26.8 Å². The van der Waals surface area contributed by atoms with Crippen LogP contribution in [0.5, 0.6) is 0 Å². The number of ketones is 1. The van der Waals surface area contributed by atoms with E-state index < -0.39 is 0 Å². The fourth-order valence-electron chi connectivity index (χ4n) is 0.773. The van der Waals surface area contributed by atoms with E-state index in [2.05, 4.69) is 10.6 Å². The van der Waals surface area contributed by atoms with E-state index in [0.29, 0.717) is 0 Å². The summed E-state index contributed by atoms with van der Waals surface area (Å²) in [5.74, 6) is -0.153. The van der Waals surface area contributed by atoms with Gasteiger partial charge in [-0.25, -0.2) is 0 Å². The van der Waals surface area contributed by atoms with Gasteiger partial charge in [0.25, 0.3) is 0 Å². The van der Waals surface area contributed by atoms with Crippen LogP contribution in [0.1, 0.15) is 27.2 Å². The first kappa shape index (κ1) is 12.1. The molecule has 2 N–H and O–H groups in total. The lowest BCUT2D eigenvalue weighted by molar-refractivity contribution is -0.125. The molecule has 4 heteroatoms. The topological polar surface area (TPSA) is 58.2 Å². The van der Waals surface area contributed by atoms with Crippen molar-refractivity contribution >= 4 is 11.7 Å². The molecule has 0 aliphatic carbocycles. The highest BCUT2D eigenvalue weighted by atomic mass is 16.2. The Morgan fingerprint density at radius 2 is 2.00 bits per heavy atom. The fourth-order valence-corrected chi connectivity index (χ4v) is 0.773. The van der Waals surface area contributed by atoms with Gasteiger partial charge in [-0.3, -0.25) is 9.59 Å². The van der Waals surface area contributed by atoms with Crippen molar-refractivity contribution in [3.63, 3.8) is 0 Å². The van der Waals surface area contributed by atoms with Gasteiger partial charge in [-0.15, -0.1) is 0 Å². The largest absolute Gasteiger partial charge is 0.345 e. The van der Waals surface area contributed by atoms with Crippen LogP contribution in [0.3, 0.4) is 0 Å². The molecule has 0 spiro atoms. The fraction of sp³-hybridized carbons (Fsp3) is 0.778. The third-order valence-corrected chi connectivity index (χ3v) is 1.70. The maximum atomic E-state index is 11.1. The first-order valence-corrected chi connectivity index (χ1v) is 4.58. The van der Waals surface area contributed by atoms with E-state index >= 15 is 0 Å². The van der Waals surface area contributed by atoms with Crippen LogP contribution in [0.25, 0.3) is 0 Å². The molecule has 0 aromatic heterocycles. The molecule has 0 fully saturated rings. The second-order valence-electron chi connectivity index (χ2n) is 3.08. The van der Waals surface area contributed by atoms with Crippen LogP contribution in [-0.4, -0.2) is 30.8 Å². The molecule has 0 heterocycles. The monoisotopic (exact) mass is 186 g/mol. The summed E-state index contributed by atoms with van der Waals surface area (Å²) < 4.78 is 0. The molecule has 0 aliphatic heterocycles. The van der Waals surface area contributed by atoms with E-state index in [1.807, 2.05) is 6.92 Å². The van der Waals surface area contributed by atoms with E-state index in [4.69, 9.17) is 0 Å². The minimum atomic E-state index is -0.379. The summed E-state index contributed by atoms with van der Waals surface area (Å²) in [6.45, 7) is 6.28. The van der Waals surface area contributed by atoms with Crippen molar-refractivity contribution in [3.05, 3.63) is 0 Å². The van der Waals surface area contributed by atoms with Crippen LogP contribution in [0.15, 0.2) is 0 Å². The van der Waals surface area contributed by atoms with Gasteiger partial charge in [0.2, 0.25) is 5.91 Å². The number of carbonyl (C=O) groups excluding carboxylic acids is 2. The number of rotatable bonds is 6. The Hall–Kier alpha value is -0.900. The molecule has 4 nitrogen and oxygen atoms in total. The highest BCUT2D eigenvalue weighted by molar-refractivity contribution is 5.87. The predicted octanol–water partition coefficient (Wildman–Crippen LogP) is 0.0797. The van der Waals surface area contributed by atoms with Crippen molar-refractivity contribution in [1.82, 2.24) is 10.6 Å². The normalized spacial score (nSPS) is 12.2. The van der Waals surface area contributed by atoms with Crippen molar-refractivity contribution < 1.29 is 9.59 Å². The Morgan fingerprint density at radius 3 is 2.46 bits per heavy atom. The minimum absolute atomic E-state index is 0.0242. The van der Waals surface area contributed by atoms with Gasteiger partial charge in [0, 0.05) is 0 Å². The van der Waals surface area contributed by atoms with Crippen molar-refractivity contribution in [2.24, 2.45) is 0 Å². The molecular weight excluding hydrogens is 168 g/mol. The zero-order valence-corrected chi connectivity index (χ0v) is 8.52. The number of Topliss-reactive ketones (excluding diaryl/α,β-unsaturated/α-hetero) is 1. The lowest BCUT2D eigenvalue weighted by Gasteiger charge is -2.10. The van der Waals surface area contributed by atoms with Crippen molar-refractivity contribution in [2.75, 3.05) is 13.1 Å². The number of carbonyl (C=O) groups is 2. The Labute approximate surface area is 79.1 Å². The standard InChI is InChI=1S/C9H18N2O2/c1-4-5-10-6-9(13)11-7(2)8(3)12/h7,10H,4-6H2,1-3H3,(H,11,13). The molecule has 0 saturated heterocycles. The molecule has 0 aromatic rings. The predicted molar refractivity (Wildman–Crippen MR) is 51.4 cm³/mol. The molecule has 0 aliphatic rings. The van der Waals surface area contributed by atoms with Crippen molar-refractivity contribution in [1.29, 1.82) is 0 Å². The van der Waals surface area contributed by atoms with Crippen LogP contribution < -0.4 is 10.6 Å². The summed E-state index contributed by atoms with van der Waals surface area (Å²) in [5.41, 5.74) is 0. The van der Waals surface area contributed by atoms with Gasteiger partial charge in [-0.1, -0.05) is 6.92 Å². The van der Waals surface area contributed by atoms with E-state index in [1.165, 1.54) is 6.92 Å². The third kappa shape index (κ3) is 6.28. The maximum Gasteiger partial charge on any atom is 0.234 e. The van der Waals surface area contributed by atoms with Gasteiger partial charge in [0.1, 0.15) is 0 Å². The molecule has 0 rings (SSSR count). The average Bonchev–Trinajstić information content (AvgIpc) is 2.04. The Bertz CT molecular complexity index is 180. The van der Waals surface area contributed by atoms with Crippen LogP contribution in [0.2, 0.25) is 0 Å². The number of hydrogen-bond acceptors (Lipinski definition) is 3. The summed E-state index contributed by atoms with van der Waals surface area (Å²) in [4.78, 5) is 21.9. The highest BCUT2D eigenvalue weighted by Gasteiger charge is 2.09. The maximum absolute atomic E-state index is 11.1. The van der Waals surface area contributed by atoms with Crippen molar-refractivity contribution in [2.45, 2.75) is 33.2 Å². The SMILES string of the molecule is CCCNCC(=O)NC(C)C(C)=O. The van der Waals surface area contributed by atoms with Crippen molar-refractivity contribution in [3.8, 4) is 0 Å². The quantitative estimate of drug-likeness (QED) is 0.578. The lowest BCUT2D eigenvalue weighted by atomic mass is 10.2. The second-order valence-corrected chi connectivity index (χ2v) is 3.08. The molecule has 0 aromatic carbocycles. The first-order valence-electron chi connectivity index (χ1n) is 4.58. The highest BCUT2D eigenvalue weighted by Crippen LogP contribution is 1.82. The average molecular weight is 186 g/mol. The summed E-state index contributed by atoms with van der Waals surface area (Å²) in [6, 6.07) is -0.379. The number of hydrogen-bond donors (Lipinski definition) is 2. The summed E-state index contributed by atoms with van der Waals surface area (Å²) in [6.07, 6.45) is 0.996. The molecule has 0 saturated carbocycles. The Morgan fingerprint density at radius 1 is 1.38 bits per heavy atom. The first-order chi connectivity index (χ1) is 6.07. The van der Waals surface area contributed by atoms with Gasteiger partial charge in [0.15, 0.2) is 5.78 Å². The van der Waals surface area contributed by atoms with Crippen LogP contribution in [0, 0.1) is 0 Å². The molecule has 1 amide bonds. The zero-order valence-electron chi connectivity index (χ0n) is 8.52. The molecule has 0 radical (unpaired) electrons. The molecule has 76 valence electrons. The van der Waals surface area contributed by atoms with E-state index in [1.54, 1.807) is 6.92 Å². The number of nitrogens with one attached hydrogen (secondary N) is 2. The third-order valence-electron chi connectivity index (χ3n) is 1.70. The summed E-state index contributed by atoms with van der Waals surface area (Å²) in [7, 11) is 0. The molecular formula is C9H18N2O2. The van der Waals surface area contributed by atoms with Gasteiger partial charge < -0.3 is 10.6 Å². The molecule has 0 bridgehead atoms. The van der Waals surface area contributed by atoms with Crippen LogP contribution >= 0.6 is 0 Å².